The average molecular weight is 353 g/mol. The van der Waals surface area contributed by atoms with E-state index in [9.17, 15) is 9.59 Å². The number of anilines is 1. The Kier molecular flexibility index (Phi) is 4.55. The van der Waals surface area contributed by atoms with Crippen molar-refractivity contribution in [3.8, 4) is 10.6 Å². The van der Waals surface area contributed by atoms with Gasteiger partial charge in [0, 0.05) is 18.8 Å². The quantitative estimate of drug-likeness (QED) is 0.723. The van der Waals surface area contributed by atoms with Crippen molar-refractivity contribution in [3.63, 3.8) is 0 Å². The molecule has 3 aromatic rings. The first-order chi connectivity index (χ1) is 11.9. The van der Waals surface area contributed by atoms with Crippen molar-refractivity contribution in [3.05, 3.63) is 70.3 Å². The molecule has 0 bridgehead atoms. The van der Waals surface area contributed by atoms with E-state index in [1.807, 2.05) is 47.8 Å². The van der Waals surface area contributed by atoms with Gasteiger partial charge in [0.25, 0.3) is 11.5 Å². The normalized spacial score (nSPS) is 11.3. The third-order valence-corrected chi connectivity index (χ3v) is 4.97. The lowest BCUT2D eigenvalue weighted by Crippen LogP contribution is -2.50. The Morgan fingerprint density at radius 3 is 2.44 bits per heavy atom. The second-order valence-electron chi connectivity index (χ2n) is 6.20. The first-order valence-electron chi connectivity index (χ1n) is 7.89. The molecule has 6 heteroatoms. The van der Waals surface area contributed by atoms with E-state index in [0.717, 1.165) is 10.6 Å². The molecule has 3 rings (SSSR count). The molecule has 0 unspecified atom stereocenters. The Balaban J connectivity index is 2.00. The number of hydrogen-bond donors (Lipinski definition) is 0. The summed E-state index contributed by atoms with van der Waals surface area (Å²) >= 11 is 1.54. The van der Waals surface area contributed by atoms with Gasteiger partial charge in [-0.15, -0.1) is 11.3 Å². The predicted molar refractivity (Wildman–Crippen MR) is 101 cm³/mol. The predicted octanol–water partition coefficient (Wildman–Crippen LogP) is 3.37. The van der Waals surface area contributed by atoms with Crippen LogP contribution in [-0.2, 0) is 10.3 Å². The fourth-order valence-electron chi connectivity index (χ4n) is 2.64. The number of carbonyl (C=O) groups excluding carboxylic acids is 1. The zero-order valence-corrected chi connectivity index (χ0v) is 15.2. The minimum atomic E-state index is -1.12. The molecular formula is C19H19N3O2S. The first kappa shape index (κ1) is 17.1. The Bertz CT molecular complexity index is 931. The van der Waals surface area contributed by atoms with E-state index < -0.39 is 5.54 Å². The topological polar surface area (TPSA) is 55.2 Å². The molecule has 0 saturated heterocycles. The lowest BCUT2D eigenvalue weighted by molar-refractivity contribution is -0.126. The van der Waals surface area contributed by atoms with Gasteiger partial charge >= 0.3 is 0 Å². The summed E-state index contributed by atoms with van der Waals surface area (Å²) in [5.74, 6) is -0.211. The van der Waals surface area contributed by atoms with Crippen LogP contribution in [0.3, 0.4) is 0 Å². The van der Waals surface area contributed by atoms with Crippen LogP contribution in [0.15, 0.2) is 64.8 Å². The van der Waals surface area contributed by atoms with Gasteiger partial charge in [-0.25, -0.2) is 4.68 Å². The lowest BCUT2D eigenvalue weighted by Gasteiger charge is -2.30. The van der Waals surface area contributed by atoms with Crippen molar-refractivity contribution in [1.82, 2.24) is 9.78 Å². The van der Waals surface area contributed by atoms with E-state index in [4.69, 9.17) is 0 Å². The summed E-state index contributed by atoms with van der Waals surface area (Å²) in [6.07, 6.45) is 0. The zero-order chi connectivity index (χ0) is 18.0. The van der Waals surface area contributed by atoms with Gasteiger partial charge in [-0.3, -0.25) is 9.59 Å². The molecule has 2 heterocycles. The number of amides is 1. The molecule has 5 nitrogen and oxygen atoms in total. The molecule has 0 aliphatic carbocycles. The number of para-hydroxylation sites is 1. The number of carbonyl (C=O) groups is 1. The minimum absolute atomic E-state index is 0.211. The van der Waals surface area contributed by atoms with Gasteiger partial charge < -0.3 is 4.90 Å². The van der Waals surface area contributed by atoms with E-state index in [1.54, 1.807) is 31.9 Å². The summed E-state index contributed by atoms with van der Waals surface area (Å²) in [6.45, 7) is 3.42. The second-order valence-corrected chi connectivity index (χ2v) is 7.15. The van der Waals surface area contributed by atoms with E-state index in [-0.39, 0.29) is 11.5 Å². The van der Waals surface area contributed by atoms with Crippen LogP contribution in [0, 0.1) is 0 Å². The molecular weight excluding hydrogens is 334 g/mol. The molecule has 0 aliphatic rings. The summed E-state index contributed by atoms with van der Waals surface area (Å²) in [4.78, 5) is 27.9. The average Bonchev–Trinajstić information content (AvgIpc) is 3.16. The highest BCUT2D eigenvalue weighted by Gasteiger charge is 2.35. The van der Waals surface area contributed by atoms with Crippen LogP contribution in [0.5, 0.6) is 0 Å². The van der Waals surface area contributed by atoms with Gasteiger partial charge in [-0.05, 0) is 43.5 Å². The maximum atomic E-state index is 13.0. The second kappa shape index (κ2) is 6.64. The van der Waals surface area contributed by atoms with Gasteiger partial charge in [0.1, 0.15) is 11.2 Å². The van der Waals surface area contributed by atoms with Gasteiger partial charge in [-0.2, -0.15) is 5.10 Å². The molecule has 2 aromatic heterocycles. The van der Waals surface area contributed by atoms with Gasteiger partial charge in [0.05, 0.1) is 4.88 Å². The minimum Gasteiger partial charge on any atom is -0.313 e. The third-order valence-electron chi connectivity index (χ3n) is 4.07. The summed E-state index contributed by atoms with van der Waals surface area (Å²) < 4.78 is 1.27. The molecule has 0 saturated carbocycles. The van der Waals surface area contributed by atoms with Crippen molar-refractivity contribution in [2.45, 2.75) is 19.4 Å². The van der Waals surface area contributed by atoms with Crippen LogP contribution >= 0.6 is 11.3 Å². The molecule has 1 amide bonds. The van der Waals surface area contributed by atoms with Crippen LogP contribution in [-0.4, -0.2) is 22.7 Å². The first-order valence-corrected chi connectivity index (χ1v) is 8.77. The molecule has 0 aliphatic heterocycles. The smallest absolute Gasteiger partial charge is 0.267 e. The van der Waals surface area contributed by atoms with E-state index in [2.05, 4.69) is 5.10 Å². The molecule has 0 fully saturated rings. The Morgan fingerprint density at radius 1 is 1.08 bits per heavy atom. The lowest BCUT2D eigenvalue weighted by atomic mass is 10.0. The number of hydrogen-bond acceptors (Lipinski definition) is 4. The Hall–Kier alpha value is -2.73. The van der Waals surface area contributed by atoms with Gasteiger partial charge in [0.2, 0.25) is 0 Å². The van der Waals surface area contributed by atoms with Crippen molar-refractivity contribution in [2.75, 3.05) is 11.9 Å². The van der Waals surface area contributed by atoms with Gasteiger partial charge in [0.15, 0.2) is 0 Å². The number of benzene rings is 1. The maximum Gasteiger partial charge on any atom is 0.267 e. The highest BCUT2D eigenvalue weighted by molar-refractivity contribution is 7.13. The highest BCUT2D eigenvalue weighted by Crippen LogP contribution is 2.24. The molecule has 25 heavy (non-hydrogen) atoms. The van der Waals surface area contributed by atoms with Crippen LogP contribution in [0.2, 0.25) is 0 Å². The van der Waals surface area contributed by atoms with Crippen LogP contribution in [0.25, 0.3) is 10.6 Å². The van der Waals surface area contributed by atoms with Crippen molar-refractivity contribution in [1.29, 1.82) is 0 Å². The number of thiophene rings is 1. The van der Waals surface area contributed by atoms with Crippen molar-refractivity contribution >= 4 is 22.9 Å². The fourth-order valence-corrected chi connectivity index (χ4v) is 3.33. The third kappa shape index (κ3) is 3.25. The van der Waals surface area contributed by atoms with Gasteiger partial charge in [-0.1, -0.05) is 24.3 Å². The highest BCUT2D eigenvalue weighted by atomic mass is 32.1. The van der Waals surface area contributed by atoms with Crippen molar-refractivity contribution in [2.24, 2.45) is 0 Å². The maximum absolute atomic E-state index is 13.0. The number of nitrogens with zero attached hydrogens (tertiary/aromatic N) is 3. The number of aromatic nitrogens is 2. The summed E-state index contributed by atoms with van der Waals surface area (Å²) in [5, 5.41) is 6.40. The Morgan fingerprint density at radius 2 is 1.80 bits per heavy atom. The summed E-state index contributed by atoms with van der Waals surface area (Å²) in [7, 11) is 1.70. The molecule has 0 N–H and O–H groups in total. The Labute approximate surface area is 150 Å². The molecule has 0 spiro atoms. The summed E-state index contributed by atoms with van der Waals surface area (Å²) in [5.41, 5.74) is 0.0237. The molecule has 0 atom stereocenters. The van der Waals surface area contributed by atoms with Crippen molar-refractivity contribution < 1.29 is 4.79 Å². The standard InChI is InChI=1S/C19H19N3O2S/c1-19(2,18(24)21(3)14-8-5-4-6-9-14)22-17(23)12-11-15(20-22)16-10-7-13-25-16/h4-13H,1-3H3. The number of rotatable bonds is 4. The largest absolute Gasteiger partial charge is 0.313 e. The van der Waals surface area contributed by atoms with E-state index >= 15 is 0 Å². The number of likely N-dealkylation sites (N-methyl/N-ethyl adjacent to an activating group) is 1. The van der Waals surface area contributed by atoms with E-state index in [1.165, 1.54) is 22.1 Å². The monoisotopic (exact) mass is 353 g/mol. The SMILES string of the molecule is CN(C(=O)C(C)(C)n1nc(-c2cccs2)ccc1=O)c1ccccc1. The van der Waals surface area contributed by atoms with Crippen LogP contribution in [0.4, 0.5) is 5.69 Å². The molecule has 128 valence electrons. The van der Waals surface area contributed by atoms with Crippen LogP contribution < -0.4 is 10.5 Å². The zero-order valence-electron chi connectivity index (χ0n) is 14.3. The molecule has 1 aromatic carbocycles. The summed E-state index contributed by atoms with van der Waals surface area (Å²) in [6, 6.07) is 16.3. The van der Waals surface area contributed by atoms with E-state index in [0.29, 0.717) is 5.69 Å². The fraction of sp³-hybridized carbons (Fsp3) is 0.211. The molecule has 0 radical (unpaired) electrons. The van der Waals surface area contributed by atoms with Crippen LogP contribution in [0.1, 0.15) is 13.8 Å².